The smallest absolute Gasteiger partial charge is 0.00959 e. The third kappa shape index (κ3) is 1.88. The maximum absolute atomic E-state index is 2.31. The van der Waals surface area contributed by atoms with Crippen LogP contribution in [0.2, 0.25) is 0 Å². The number of hydrogen-bond acceptors (Lipinski definition) is 0. The predicted octanol–water partition coefficient (Wildman–Crippen LogP) is 3.58. The Morgan fingerprint density at radius 1 is 0.583 bits per heavy atom. The second kappa shape index (κ2) is 4.30. The van der Waals surface area contributed by atoms with E-state index in [0.717, 1.165) is 17.8 Å². The summed E-state index contributed by atoms with van der Waals surface area (Å²) in [7, 11) is 0. The fourth-order valence-electron chi connectivity index (χ4n) is 1.82. The molecule has 1 rings (SSSR count). The topological polar surface area (TPSA) is 0 Å². The Balaban J connectivity index is 2.54. The van der Waals surface area contributed by atoms with E-state index in [4.69, 9.17) is 0 Å². The highest BCUT2D eigenvalue weighted by atomic mass is 14.5. The van der Waals surface area contributed by atoms with Crippen molar-refractivity contribution in [3.05, 3.63) is 36.5 Å². The summed E-state index contributed by atoms with van der Waals surface area (Å²) in [5, 5.41) is 0. The third-order valence-corrected chi connectivity index (χ3v) is 2.44. The van der Waals surface area contributed by atoms with E-state index < -0.39 is 0 Å². The Bertz CT molecular complexity index is 164. The van der Waals surface area contributed by atoms with Crippen LogP contribution in [0.15, 0.2) is 36.5 Å². The van der Waals surface area contributed by atoms with Crippen LogP contribution in [0.3, 0.4) is 0 Å². The second-order valence-electron chi connectivity index (χ2n) is 3.31. The average Bonchev–Trinajstić information content (AvgIpc) is 2.67. The SMILES string of the molecule is C/C=C\C1C(/C=C\C)C1/C=C\C. The van der Waals surface area contributed by atoms with E-state index in [1.165, 1.54) is 0 Å². The highest BCUT2D eigenvalue weighted by Gasteiger charge is 2.43. The molecule has 1 aliphatic rings. The molecule has 0 spiro atoms. The Morgan fingerprint density at radius 3 is 1.00 bits per heavy atom. The maximum Gasteiger partial charge on any atom is -0.00959 e. The van der Waals surface area contributed by atoms with Crippen LogP contribution in [-0.4, -0.2) is 0 Å². The first-order chi connectivity index (χ1) is 5.85. The molecule has 0 bridgehead atoms. The van der Waals surface area contributed by atoms with Crippen LogP contribution < -0.4 is 0 Å². The van der Waals surface area contributed by atoms with Gasteiger partial charge in [-0.3, -0.25) is 0 Å². The van der Waals surface area contributed by atoms with Gasteiger partial charge in [0.2, 0.25) is 0 Å². The minimum atomic E-state index is 0.766. The lowest BCUT2D eigenvalue weighted by Gasteiger charge is -1.80. The Morgan fingerprint density at radius 2 is 0.833 bits per heavy atom. The molecule has 0 atom stereocenters. The minimum Gasteiger partial charge on any atom is -0.0913 e. The van der Waals surface area contributed by atoms with Crippen LogP contribution in [0.25, 0.3) is 0 Å². The predicted molar refractivity (Wildman–Crippen MR) is 54.9 cm³/mol. The van der Waals surface area contributed by atoms with E-state index in [1.54, 1.807) is 0 Å². The number of hydrogen-bond donors (Lipinski definition) is 0. The molecule has 1 aliphatic carbocycles. The van der Waals surface area contributed by atoms with Crippen LogP contribution in [0, 0.1) is 17.8 Å². The van der Waals surface area contributed by atoms with Gasteiger partial charge in [-0.25, -0.2) is 0 Å². The van der Waals surface area contributed by atoms with Gasteiger partial charge >= 0.3 is 0 Å². The molecule has 0 aromatic carbocycles. The van der Waals surface area contributed by atoms with Gasteiger partial charge in [-0.2, -0.15) is 0 Å². The first kappa shape index (κ1) is 9.31. The quantitative estimate of drug-likeness (QED) is 0.556. The molecule has 1 fully saturated rings. The summed E-state index contributed by atoms with van der Waals surface area (Å²) < 4.78 is 0. The molecule has 0 amide bonds. The number of allylic oxidation sites excluding steroid dienone is 6. The summed E-state index contributed by atoms with van der Waals surface area (Å²) in [5.41, 5.74) is 0. The summed E-state index contributed by atoms with van der Waals surface area (Å²) >= 11 is 0. The summed E-state index contributed by atoms with van der Waals surface area (Å²) in [6.45, 7) is 6.28. The highest BCUT2D eigenvalue weighted by Crippen LogP contribution is 2.49. The van der Waals surface area contributed by atoms with Crippen molar-refractivity contribution in [3.8, 4) is 0 Å². The monoisotopic (exact) mass is 162 g/mol. The van der Waals surface area contributed by atoms with Gasteiger partial charge in [-0.1, -0.05) is 36.5 Å². The van der Waals surface area contributed by atoms with Gasteiger partial charge < -0.3 is 0 Å². The van der Waals surface area contributed by atoms with Gasteiger partial charge in [0.1, 0.15) is 0 Å². The highest BCUT2D eigenvalue weighted by molar-refractivity contribution is 5.20. The summed E-state index contributed by atoms with van der Waals surface area (Å²) in [5.74, 6) is 2.30. The molecule has 0 unspecified atom stereocenters. The molecule has 0 aromatic heterocycles. The molecule has 0 heterocycles. The van der Waals surface area contributed by atoms with E-state index in [0.29, 0.717) is 0 Å². The number of rotatable bonds is 3. The molecular weight excluding hydrogens is 144 g/mol. The normalized spacial score (nSPS) is 35.8. The van der Waals surface area contributed by atoms with Crippen LogP contribution in [0.4, 0.5) is 0 Å². The average molecular weight is 162 g/mol. The van der Waals surface area contributed by atoms with Crippen molar-refractivity contribution in [1.29, 1.82) is 0 Å². The Kier molecular flexibility index (Phi) is 3.33. The van der Waals surface area contributed by atoms with Crippen LogP contribution in [-0.2, 0) is 0 Å². The van der Waals surface area contributed by atoms with Gasteiger partial charge in [0.15, 0.2) is 0 Å². The molecule has 12 heavy (non-hydrogen) atoms. The van der Waals surface area contributed by atoms with E-state index in [-0.39, 0.29) is 0 Å². The zero-order chi connectivity index (χ0) is 8.97. The lowest BCUT2D eigenvalue weighted by Crippen LogP contribution is -1.69. The van der Waals surface area contributed by atoms with Crippen LogP contribution in [0.1, 0.15) is 20.8 Å². The van der Waals surface area contributed by atoms with Gasteiger partial charge in [-0.05, 0) is 38.5 Å². The van der Waals surface area contributed by atoms with Gasteiger partial charge in [0.05, 0.1) is 0 Å². The zero-order valence-corrected chi connectivity index (χ0v) is 8.20. The molecular formula is C12H18. The summed E-state index contributed by atoms with van der Waals surface area (Å²) in [6.07, 6.45) is 13.4. The van der Waals surface area contributed by atoms with E-state index in [1.807, 2.05) is 0 Å². The minimum absolute atomic E-state index is 0.766. The lowest BCUT2D eigenvalue weighted by molar-refractivity contribution is 0.990. The zero-order valence-electron chi connectivity index (χ0n) is 8.20. The molecule has 66 valence electrons. The fourth-order valence-corrected chi connectivity index (χ4v) is 1.82. The molecule has 0 aliphatic heterocycles. The van der Waals surface area contributed by atoms with E-state index in [9.17, 15) is 0 Å². The van der Waals surface area contributed by atoms with Crippen molar-refractivity contribution >= 4 is 0 Å². The third-order valence-electron chi connectivity index (χ3n) is 2.44. The first-order valence-corrected chi connectivity index (χ1v) is 4.73. The molecule has 0 aromatic rings. The van der Waals surface area contributed by atoms with Crippen LogP contribution in [0.5, 0.6) is 0 Å². The Hall–Kier alpha value is -0.780. The fraction of sp³-hybridized carbons (Fsp3) is 0.500. The summed E-state index contributed by atoms with van der Waals surface area (Å²) in [4.78, 5) is 0. The van der Waals surface area contributed by atoms with E-state index in [2.05, 4.69) is 57.2 Å². The molecule has 0 N–H and O–H groups in total. The van der Waals surface area contributed by atoms with Crippen molar-refractivity contribution in [1.82, 2.24) is 0 Å². The van der Waals surface area contributed by atoms with Crippen LogP contribution >= 0.6 is 0 Å². The van der Waals surface area contributed by atoms with Crippen molar-refractivity contribution in [2.75, 3.05) is 0 Å². The molecule has 0 heteroatoms. The standard InChI is InChI=1S/C12H18/c1-4-7-10-11(8-5-2)12(10)9-6-3/h4-12H,1-3H3/b7-4-,8-5-,9-6-. The summed E-state index contributed by atoms with van der Waals surface area (Å²) in [6, 6.07) is 0. The Labute approximate surface area is 75.7 Å². The molecule has 0 saturated heterocycles. The largest absolute Gasteiger partial charge is 0.0913 e. The van der Waals surface area contributed by atoms with Crippen molar-refractivity contribution in [2.24, 2.45) is 17.8 Å². The van der Waals surface area contributed by atoms with Gasteiger partial charge in [-0.15, -0.1) is 0 Å². The molecule has 0 nitrogen and oxygen atoms in total. The maximum atomic E-state index is 2.31. The van der Waals surface area contributed by atoms with E-state index >= 15 is 0 Å². The van der Waals surface area contributed by atoms with Gasteiger partial charge in [0.25, 0.3) is 0 Å². The van der Waals surface area contributed by atoms with Crippen molar-refractivity contribution in [3.63, 3.8) is 0 Å². The molecule has 1 saturated carbocycles. The lowest BCUT2D eigenvalue weighted by atomic mass is 10.3. The van der Waals surface area contributed by atoms with Gasteiger partial charge in [0, 0.05) is 0 Å². The van der Waals surface area contributed by atoms with Crippen molar-refractivity contribution < 1.29 is 0 Å². The first-order valence-electron chi connectivity index (χ1n) is 4.73. The molecule has 0 radical (unpaired) electrons. The van der Waals surface area contributed by atoms with Crippen molar-refractivity contribution in [2.45, 2.75) is 20.8 Å². The second-order valence-corrected chi connectivity index (χ2v) is 3.31.